The number of benzene rings is 6. The maximum atomic E-state index is 13.9. The van der Waals surface area contributed by atoms with Gasteiger partial charge in [0.1, 0.15) is 5.75 Å². The van der Waals surface area contributed by atoms with Crippen LogP contribution in [0, 0.1) is 6.92 Å². The van der Waals surface area contributed by atoms with E-state index in [-0.39, 0.29) is 0 Å². The van der Waals surface area contributed by atoms with Crippen molar-refractivity contribution < 1.29 is 22.8 Å². The van der Waals surface area contributed by atoms with Crippen molar-refractivity contribution in [2.75, 3.05) is 26.4 Å². The predicted molar refractivity (Wildman–Crippen MR) is 238 cm³/mol. The number of nitrogens with one attached hydrogen (secondary N) is 1. The molecule has 0 bridgehead atoms. The molecule has 0 saturated heterocycles. The standard InChI is InChI=1S/C47H51NO5P2Si/c1-5-50-56(51-6-2,52-7-3)36-22-35-48-47(49)53-42-32-21-34-44(55(40-28-16-10-17-29-40)41-30-18-11-19-31-41)46(42)45-37(4)23-20-33-43(45)54(38-24-12-8-13-25-38)39-26-14-9-15-27-39/h8-21,23-34H,5-7,22,35-36H2,1-4H3,(H,48,49). The zero-order chi connectivity index (χ0) is 39.2. The molecule has 6 aromatic carbocycles. The molecule has 1 N–H and O–H groups in total. The molecule has 0 atom stereocenters. The average molecular weight is 800 g/mol. The molecule has 56 heavy (non-hydrogen) atoms. The van der Waals surface area contributed by atoms with Crippen LogP contribution in [0.2, 0.25) is 6.04 Å². The summed E-state index contributed by atoms with van der Waals surface area (Å²) in [6.45, 7) is 9.93. The van der Waals surface area contributed by atoms with Gasteiger partial charge in [-0.1, -0.05) is 152 Å². The summed E-state index contributed by atoms with van der Waals surface area (Å²) >= 11 is 0. The first-order chi connectivity index (χ1) is 27.5. The molecule has 288 valence electrons. The van der Waals surface area contributed by atoms with Gasteiger partial charge in [0.15, 0.2) is 0 Å². The van der Waals surface area contributed by atoms with E-state index in [4.69, 9.17) is 18.0 Å². The topological polar surface area (TPSA) is 66.0 Å². The Morgan fingerprint density at radius 2 is 0.946 bits per heavy atom. The van der Waals surface area contributed by atoms with E-state index in [1.54, 1.807) is 0 Å². The molecular weight excluding hydrogens is 749 g/mol. The zero-order valence-corrected chi connectivity index (χ0v) is 35.5. The van der Waals surface area contributed by atoms with E-state index in [2.05, 4.69) is 158 Å². The molecule has 0 unspecified atom stereocenters. The maximum Gasteiger partial charge on any atom is 0.500 e. The van der Waals surface area contributed by atoms with Gasteiger partial charge in [0.2, 0.25) is 0 Å². The summed E-state index contributed by atoms with van der Waals surface area (Å²) in [5, 5.41) is 10.3. The van der Waals surface area contributed by atoms with Crippen molar-refractivity contribution >= 4 is 62.6 Å². The van der Waals surface area contributed by atoms with Gasteiger partial charge in [-0.3, -0.25) is 0 Å². The highest BCUT2D eigenvalue weighted by Crippen LogP contribution is 2.45. The first-order valence-corrected chi connectivity index (χ1v) is 24.0. The fourth-order valence-electron chi connectivity index (χ4n) is 7.00. The van der Waals surface area contributed by atoms with Crippen LogP contribution >= 0.6 is 15.8 Å². The van der Waals surface area contributed by atoms with Gasteiger partial charge in [-0.05, 0) is 99.0 Å². The second kappa shape index (κ2) is 20.6. The van der Waals surface area contributed by atoms with Gasteiger partial charge in [-0.15, -0.1) is 0 Å². The Bertz CT molecular complexity index is 2030. The summed E-state index contributed by atoms with van der Waals surface area (Å²) in [6.07, 6.45) is 0.120. The smallest absolute Gasteiger partial charge is 0.410 e. The third-order valence-corrected chi connectivity index (χ3v) is 17.4. The van der Waals surface area contributed by atoms with Crippen molar-refractivity contribution in [1.29, 1.82) is 0 Å². The van der Waals surface area contributed by atoms with Crippen LogP contribution in [-0.4, -0.2) is 41.3 Å². The Balaban J connectivity index is 1.48. The Morgan fingerprint density at radius 1 is 0.536 bits per heavy atom. The SMILES string of the molecule is CCO[Si](CCCNC(=O)Oc1cccc(P(c2ccccc2)c2ccccc2)c1-c1c(C)cccc1P(c1ccccc1)c1ccccc1)(OCC)OCC. The summed E-state index contributed by atoms with van der Waals surface area (Å²) in [5.41, 5.74) is 3.13. The van der Waals surface area contributed by atoms with Crippen molar-refractivity contribution in [3.63, 3.8) is 0 Å². The number of hydrogen-bond donors (Lipinski definition) is 1. The van der Waals surface area contributed by atoms with Gasteiger partial charge < -0.3 is 23.3 Å². The number of rotatable bonds is 18. The fraction of sp³-hybridized carbons (Fsp3) is 0.213. The van der Waals surface area contributed by atoms with E-state index in [0.717, 1.165) is 22.0 Å². The minimum atomic E-state index is -2.85. The molecule has 0 radical (unpaired) electrons. The fourth-order valence-corrected chi connectivity index (χ4v) is 14.6. The molecule has 9 heteroatoms. The van der Waals surface area contributed by atoms with Crippen LogP contribution in [0.25, 0.3) is 11.1 Å². The molecule has 6 aromatic rings. The van der Waals surface area contributed by atoms with Crippen LogP contribution in [0.5, 0.6) is 5.75 Å². The molecular formula is C47H51NO5P2Si. The van der Waals surface area contributed by atoms with Crippen LogP contribution in [0.3, 0.4) is 0 Å². The van der Waals surface area contributed by atoms with E-state index < -0.39 is 30.7 Å². The average Bonchev–Trinajstić information content (AvgIpc) is 3.22. The van der Waals surface area contributed by atoms with Crippen LogP contribution in [0.4, 0.5) is 4.79 Å². The number of aryl methyl sites for hydroxylation is 1. The predicted octanol–water partition coefficient (Wildman–Crippen LogP) is 8.71. The molecule has 0 heterocycles. The Labute approximate surface area is 336 Å². The molecule has 0 saturated carbocycles. The lowest BCUT2D eigenvalue weighted by Crippen LogP contribution is -2.46. The molecule has 0 aliphatic heterocycles. The minimum absolute atomic E-state index is 0.388. The number of carbonyl (C=O) groups is 1. The van der Waals surface area contributed by atoms with Crippen molar-refractivity contribution in [1.82, 2.24) is 5.32 Å². The lowest BCUT2D eigenvalue weighted by atomic mass is 9.99. The van der Waals surface area contributed by atoms with E-state index in [0.29, 0.717) is 44.6 Å². The third kappa shape index (κ3) is 10.1. The summed E-state index contributed by atoms with van der Waals surface area (Å²) in [6, 6.07) is 56.2. The number of amides is 1. The van der Waals surface area contributed by atoms with E-state index >= 15 is 0 Å². The van der Waals surface area contributed by atoms with Crippen LogP contribution < -0.4 is 41.9 Å². The molecule has 1 amide bonds. The van der Waals surface area contributed by atoms with Gasteiger partial charge >= 0.3 is 14.9 Å². The summed E-state index contributed by atoms with van der Waals surface area (Å²) in [4.78, 5) is 13.9. The lowest BCUT2D eigenvalue weighted by Gasteiger charge is -2.29. The largest absolute Gasteiger partial charge is 0.500 e. The zero-order valence-electron chi connectivity index (χ0n) is 32.7. The second-order valence-electron chi connectivity index (χ2n) is 13.0. The van der Waals surface area contributed by atoms with Crippen LogP contribution in [-0.2, 0) is 13.3 Å². The van der Waals surface area contributed by atoms with E-state index in [9.17, 15) is 4.79 Å². The third-order valence-electron chi connectivity index (χ3n) is 9.27. The highest BCUT2D eigenvalue weighted by atomic mass is 31.1. The van der Waals surface area contributed by atoms with Crippen molar-refractivity contribution in [2.45, 2.75) is 40.2 Å². The van der Waals surface area contributed by atoms with E-state index in [1.165, 1.54) is 26.5 Å². The van der Waals surface area contributed by atoms with Gasteiger partial charge in [0.25, 0.3) is 0 Å². The van der Waals surface area contributed by atoms with Gasteiger partial charge in [-0.2, -0.15) is 0 Å². The van der Waals surface area contributed by atoms with Crippen LogP contribution in [0.1, 0.15) is 32.8 Å². The summed E-state index contributed by atoms with van der Waals surface area (Å²) in [5.74, 6) is 0.521. The molecule has 0 aliphatic carbocycles. The first-order valence-electron chi connectivity index (χ1n) is 19.4. The minimum Gasteiger partial charge on any atom is -0.410 e. The molecule has 0 fully saturated rings. The first kappa shape index (κ1) is 41.2. The van der Waals surface area contributed by atoms with Gasteiger partial charge in [0.05, 0.1) is 0 Å². The molecule has 6 rings (SSSR count). The highest BCUT2D eigenvalue weighted by Gasteiger charge is 2.39. The van der Waals surface area contributed by atoms with Gasteiger partial charge in [0, 0.05) is 38.0 Å². The Hall–Kier alpha value is -4.45. The summed E-state index contributed by atoms with van der Waals surface area (Å²) < 4.78 is 24.6. The molecule has 6 nitrogen and oxygen atoms in total. The Morgan fingerprint density at radius 3 is 1.38 bits per heavy atom. The molecule has 0 aromatic heterocycles. The number of ether oxygens (including phenoxy) is 1. The number of hydrogen-bond acceptors (Lipinski definition) is 5. The quantitative estimate of drug-likeness (QED) is 0.0536. The maximum absolute atomic E-state index is 13.9. The monoisotopic (exact) mass is 799 g/mol. The highest BCUT2D eigenvalue weighted by molar-refractivity contribution is 7.80. The molecule has 0 aliphatic rings. The normalized spacial score (nSPS) is 11.5. The van der Waals surface area contributed by atoms with Crippen molar-refractivity contribution in [3.05, 3.63) is 163 Å². The van der Waals surface area contributed by atoms with Crippen molar-refractivity contribution in [2.24, 2.45) is 0 Å². The lowest BCUT2D eigenvalue weighted by molar-refractivity contribution is 0.0708. The summed E-state index contributed by atoms with van der Waals surface area (Å²) in [7, 11) is -4.90. The van der Waals surface area contributed by atoms with Crippen LogP contribution in [0.15, 0.2) is 158 Å². The van der Waals surface area contributed by atoms with Gasteiger partial charge in [-0.25, -0.2) is 4.79 Å². The van der Waals surface area contributed by atoms with E-state index in [1.807, 2.05) is 32.9 Å². The Kier molecular flexibility index (Phi) is 15.2. The molecule has 0 spiro atoms. The number of carbonyl (C=O) groups excluding carboxylic acids is 1. The van der Waals surface area contributed by atoms with Crippen molar-refractivity contribution in [3.8, 4) is 16.9 Å². The second-order valence-corrected chi connectivity index (χ2v) is 20.1.